The molecular weight excluding hydrogens is 307 g/mol. The van der Waals surface area contributed by atoms with Gasteiger partial charge in [0, 0.05) is 5.69 Å². The van der Waals surface area contributed by atoms with Crippen LogP contribution in [0.3, 0.4) is 0 Å². The average molecular weight is 323 g/mol. The number of benzene rings is 2. The van der Waals surface area contributed by atoms with Gasteiger partial charge in [-0.3, -0.25) is 0 Å². The Labute approximate surface area is 134 Å². The van der Waals surface area contributed by atoms with E-state index in [9.17, 15) is 4.79 Å². The minimum atomic E-state index is -0.367. The van der Waals surface area contributed by atoms with Crippen molar-refractivity contribution in [3.8, 4) is 0 Å². The monoisotopic (exact) mass is 322 g/mol. The van der Waals surface area contributed by atoms with Gasteiger partial charge in [0.15, 0.2) is 0 Å². The number of hydrogen-bond donors (Lipinski definition) is 2. The van der Waals surface area contributed by atoms with Crippen molar-refractivity contribution < 1.29 is 4.79 Å². The predicted molar refractivity (Wildman–Crippen MR) is 89.7 cm³/mol. The first-order valence-corrected chi connectivity index (χ1v) is 7.39. The molecule has 0 bridgehead atoms. The molecule has 2 N–H and O–H groups in total. The highest BCUT2D eigenvalue weighted by Gasteiger charge is 2.12. The van der Waals surface area contributed by atoms with Crippen molar-refractivity contribution in [3.63, 3.8) is 0 Å². The van der Waals surface area contributed by atoms with Crippen molar-refractivity contribution >= 4 is 40.6 Å². The number of para-hydroxylation sites is 2. The molecule has 0 heterocycles. The van der Waals surface area contributed by atoms with E-state index in [-0.39, 0.29) is 6.03 Å². The van der Waals surface area contributed by atoms with Gasteiger partial charge in [0.25, 0.3) is 0 Å². The van der Waals surface area contributed by atoms with Crippen molar-refractivity contribution in [1.29, 1.82) is 0 Å². The fraction of sp³-hybridized carbons (Fsp3) is 0.188. The Bertz CT molecular complexity index is 651. The lowest BCUT2D eigenvalue weighted by atomic mass is 10.1. The maximum Gasteiger partial charge on any atom is 0.323 e. The molecule has 3 nitrogen and oxygen atoms in total. The van der Waals surface area contributed by atoms with Crippen molar-refractivity contribution in [3.05, 3.63) is 57.6 Å². The molecule has 0 radical (unpaired) electrons. The van der Waals surface area contributed by atoms with Crippen LogP contribution in [-0.4, -0.2) is 6.03 Å². The molecule has 2 amide bonds. The molecule has 0 saturated heterocycles. The molecule has 0 aromatic heterocycles. The van der Waals surface area contributed by atoms with Crippen LogP contribution in [0.5, 0.6) is 0 Å². The van der Waals surface area contributed by atoms with E-state index in [1.807, 2.05) is 32.0 Å². The van der Waals surface area contributed by atoms with Gasteiger partial charge in [0.2, 0.25) is 0 Å². The second-order valence-corrected chi connectivity index (χ2v) is 5.45. The van der Waals surface area contributed by atoms with Gasteiger partial charge in [-0.05, 0) is 36.6 Å². The quantitative estimate of drug-likeness (QED) is 0.768. The van der Waals surface area contributed by atoms with Crippen LogP contribution in [0.25, 0.3) is 0 Å². The zero-order valence-corrected chi connectivity index (χ0v) is 13.3. The number of carbonyl (C=O) groups is 1. The number of rotatable bonds is 3. The van der Waals surface area contributed by atoms with Crippen LogP contribution in [-0.2, 0) is 6.42 Å². The van der Waals surface area contributed by atoms with E-state index in [0.717, 1.165) is 23.2 Å². The summed E-state index contributed by atoms with van der Waals surface area (Å²) < 4.78 is 0. The first-order chi connectivity index (χ1) is 10.0. The molecule has 2 aromatic rings. The van der Waals surface area contributed by atoms with Crippen LogP contribution in [0.2, 0.25) is 10.0 Å². The number of amides is 2. The Morgan fingerprint density at radius 1 is 1.00 bits per heavy atom. The maximum atomic E-state index is 12.2. The van der Waals surface area contributed by atoms with Crippen LogP contribution >= 0.6 is 23.2 Å². The van der Waals surface area contributed by atoms with Crippen molar-refractivity contribution in [2.24, 2.45) is 0 Å². The standard InChI is InChI=1S/C16H16Cl2N2O/c1-3-11-7-4-6-10(2)14(11)19-16(21)20-15-12(17)8-5-9-13(15)18/h4-9H,3H2,1-2H3,(H2,19,20,21). The molecule has 0 spiro atoms. The van der Waals surface area contributed by atoms with Gasteiger partial charge in [-0.25, -0.2) is 4.79 Å². The van der Waals surface area contributed by atoms with E-state index in [1.54, 1.807) is 18.2 Å². The molecule has 5 heteroatoms. The Hall–Kier alpha value is -1.71. The largest absolute Gasteiger partial charge is 0.323 e. The lowest BCUT2D eigenvalue weighted by Crippen LogP contribution is -2.21. The molecule has 0 atom stereocenters. The van der Waals surface area contributed by atoms with Crippen LogP contribution in [0.4, 0.5) is 16.2 Å². The summed E-state index contributed by atoms with van der Waals surface area (Å²) in [6.07, 6.45) is 0.837. The minimum absolute atomic E-state index is 0.367. The molecule has 2 rings (SSSR count). The number of nitrogens with one attached hydrogen (secondary N) is 2. The maximum absolute atomic E-state index is 12.2. The van der Waals surface area contributed by atoms with Crippen molar-refractivity contribution in [2.45, 2.75) is 20.3 Å². The third-order valence-corrected chi connectivity index (χ3v) is 3.81. The lowest BCUT2D eigenvalue weighted by Gasteiger charge is -2.14. The van der Waals surface area contributed by atoms with Crippen LogP contribution in [0.15, 0.2) is 36.4 Å². The summed E-state index contributed by atoms with van der Waals surface area (Å²) in [4.78, 5) is 12.2. The highest BCUT2D eigenvalue weighted by molar-refractivity contribution is 6.39. The van der Waals surface area contributed by atoms with E-state index in [4.69, 9.17) is 23.2 Å². The first-order valence-electron chi connectivity index (χ1n) is 6.63. The molecule has 2 aromatic carbocycles. The number of urea groups is 1. The molecule has 0 aliphatic rings. The van der Waals surface area contributed by atoms with Gasteiger partial charge in [-0.15, -0.1) is 0 Å². The Morgan fingerprint density at radius 3 is 2.19 bits per heavy atom. The molecule has 0 unspecified atom stereocenters. The molecule has 0 aliphatic heterocycles. The number of anilines is 2. The summed E-state index contributed by atoms with van der Waals surface area (Å²) in [5.74, 6) is 0. The van der Waals surface area contributed by atoms with E-state index >= 15 is 0 Å². The minimum Gasteiger partial charge on any atom is -0.307 e. The Morgan fingerprint density at radius 2 is 1.57 bits per heavy atom. The van der Waals surface area contributed by atoms with Crippen LogP contribution < -0.4 is 10.6 Å². The van der Waals surface area contributed by atoms with E-state index in [2.05, 4.69) is 10.6 Å². The highest BCUT2D eigenvalue weighted by Crippen LogP contribution is 2.30. The summed E-state index contributed by atoms with van der Waals surface area (Å²) in [5, 5.41) is 6.36. The van der Waals surface area contributed by atoms with Crippen molar-refractivity contribution in [1.82, 2.24) is 0 Å². The van der Waals surface area contributed by atoms with Crippen LogP contribution in [0, 0.1) is 6.92 Å². The van der Waals surface area contributed by atoms with Gasteiger partial charge >= 0.3 is 6.03 Å². The third-order valence-electron chi connectivity index (χ3n) is 3.18. The number of carbonyl (C=O) groups excluding carboxylic acids is 1. The average Bonchev–Trinajstić information content (AvgIpc) is 2.45. The van der Waals surface area contributed by atoms with Gasteiger partial charge in [0.1, 0.15) is 0 Å². The first kappa shape index (κ1) is 15.7. The summed E-state index contributed by atoms with van der Waals surface area (Å²) >= 11 is 12.1. The van der Waals surface area contributed by atoms with E-state index in [0.29, 0.717) is 15.7 Å². The topological polar surface area (TPSA) is 41.1 Å². The SMILES string of the molecule is CCc1cccc(C)c1NC(=O)Nc1c(Cl)cccc1Cl. The predicted octanol–water partition coefficient (Wildman–Crippen LogP) is 5.51. The lowest BCUT2D eigenvalue weighted by molar-refractivity contribution is 0.262. The van der Waals surface area contributed by atoms with Gasteiger partial charge in [-0.2, -0.15) is 0 Å². The van der Waals surface area contributed by atoms with Gasteiger partial charge in [0.05, 0.1) is 15.7 Å². The zero-order chi connectivity index (χ0) is 15.4. The number of hydrogen-bond acceptors (Lipinski definition) is 1. The normalized spacial score (nSPS) is 10.3. The molecule has 0 aliphatic carbocycles. The fourth-order valence-corrected chi connectivity index (χ4v) is 2.57. The smallest absolute Gasteiger partial charge is 0.307 e. The number of aryl methyl sites for hydroxylation is 2. The number of halogens is 2. The second-order valence-electron chi connectivity index (χ2n) is 4.64. The Balaban J connectivity index is 2.20. The second kappa shape index (κ2) is 6.83. The summed E-state index contributed by atoms with van der Waals surface area (Å²) in [6.45, 7) is 4.00. The summed E-state index contributed by atoms with van der Waals surface area (Å²) in [5.41, 5.74) is 3.32. The third kappa shape index (κ3) is 3.69. The molecule has 110 valence electrons. The van der Waals surface area contributed by atoms with Gasteiger partial charge in [-0.1, -0.05) is 54.4 Å². The molecule has 0 fully saturated rings. The van der Waals surface area contributed by atoms with Crippen molar-refractivity contribution in [2.75, 3.05) is 10.6 Å². The van der Waals surface area contributed by atoms with Crippen LogP contribution in [0.1, 0.15) is 18.1 Å². The van der Waals surface area contributed by atoms with Gasteiger partial charge < -0.3 is 10.6 Å². The van der Waals surface area contributed by atoms with E-state index < -0.39 is 0 Å². The molecule has 0 saturated carbocycles. The zero-order valence-electron chi connectivity index (χ0n) is 11.8. The summed E-state index contributed by atoms with van der Waals surface area (Å²) in [6, 6.07) is 10.6. The molecule has 21 heavy (non-hydrogen) atoms. The summed E-state index contributed by atoms with van der Waals surface area (Å²) in [7, 11) is 0. The highest BCUT2D eigenvalue weighted by atomic mass is 35.5. The van der Waals surface area contributed by atoms with E-state index in [1.165, 1.54) is 0 Å². The Kier molecular flexibility index (Phi) is 5.10. The fourth-order valence-electron chi connectivity index (χ4n) is 2.08. The molecular formula is C16H16Cl2N2O.